The van der Waals surface area contributed by atoms with E-state index in [1.54, 1.807) is 13.8 Å². The van der Waals surface area contributed by atoms with Crippen LogP contribution in [0.25, 0.3) is 0 Å². The van der Waals surface area contributed by atoms with Crippen molar-refractivity contribution in [1.82, 2.24) is 14.9 Å². The van der Waals surface area contributed by atoms with Gasteiger partial charge in [0.2, 0.25) is 5.75 Å². The van der Waals surface area contributed by atoms with Crippen molar-refractivity contribution in [2.24, 2.45) is 0 Å². The molecule has 0 radical (unpaired) electrons. The number of carbonyl (C=O) groups is 2. The Kier molecular flexibility index (Phi) is 5.13. The van der Waals surface area contributed by atoms with E-state index in [-0.39, 0.29) is 44.4 Å². The van der Waals surface area contributed by atoms with Gasteiger partial charge in [0, 0.05) is 6.54 Å². The molecule has 0 saturated carbocycles. The van der Waals surface area contributed by atoms with E-state index in [0.29, 0.717) is 5.56 Å². The highest BCUT2D eigenvalue weighted by Gasteiger charge is 2.34. The average Bonchev–Trinajstić information content (AvgIpc) is 3.15. The zero-order valence-corrected chi connectivity index (χ0v) is 17.0. The summed E-state index contributed by atoms with van der Waals surface area (Å²) in [5.74, 6) is -1.87. The van der Waals surface area contributed by atoms with Gasteiger partial charge >= 0.3 is 6.09 Å². The Morgan fingerprint density at radius 3 is 2.77 bits per heavy atom. The van der Waals surface area contributed by atoms with Gasteiger partial charge in [0.1, 0.15) is 23.8 Å². The van der Waals surface area contributed by atoms with Gasteiger partial charge in [-0.1, -0.05) is 6.07 Å². The summed E-state index contributed by atoms with van der Waals surface area (Å²) in [4.78, 5) is 42.6. The van der Waals surface area contributed by atoms with E-state index in [0.717, 1.165) is 0 Å². The molecule has 4 rings (SSSR count). The van der Waals surface area contributed by atoms with E-state index in [9.17, 15) is 23.9 Å². The number of amides is 2. The Labute approximate surface area is 176 Å². The van der Waals surface area contributed by atoms with Crippen LogP contribution < -0.4 is 15.8 Å². The van der Waals surface area contributed by atoms with Gasteiger partial charge in [0.25, 0.3) is 11.5 Å². The molecular weight excluding hydrogens is 411 g/mol. The van der Waals surface area contributed by atoms with Gasteiger partial charge in [-0.05, 0) is 31.5 Å². The van der Waals surface area contributed by atoms with Gasteiger partial charge in [-0.3, -0.25) is 19.1 Å². The van der Waals surface area contributed by atoms with Crippen LogP contribution in [0.15, 0.2) is 23.0 Å². The Balaban J connectivity index is 1.62. The Morgan fingerprint density at radius 1 is 1.29 bits per heavy atom. The highest BCUT2D eigenvalue weighted by molar-refractivity contribution is 5.95. The van der Waals surface area contributed by atoms with Crippen LogP contribution in [0.1, 0.15) is 35.7 Å². The molecule has 2 aliphatic heterocycles. The van der Waals surface area contributed by atoms with Crippen LogP contribution in [0.5, 0.6) is 5.75 Å². The average molecular weight is 432 g/mol. The van der Waals surface area contributed by atoms with Crippen molar-refractivity contribution >= 4 is 17.7 Å². The lowest BCUT2D eigenvalue weighted by Crippen LogP contribution is -2.42. The molecule has 1 aromatic heterocycles. The van der Waals surface area contributed by atoms with E-state index >= 15 is 0 Å². The highest BCUT2D eigenvalue weighted by atomic mass is 19.1. The number of fused-ring (bicyclic) bond motifs is 1. The summed E-state index contributed by atoms with van der Waals surface area (Å²) in [7, 11) is 0. The molecule has 0 spiro atoms. The SMILES string of the molecule is CC1(C)OCCn2c1nc(C(=O)NCc1ccc(F)cc1N1CCOC1=O)c(O)c2=O. The van der Waals surface area contributed by atoms with Gasteiger partial charge in [-0.15, -0.1) is 0 Å². The van der Waals surface area contributed by atoms with Crippen LogP contribution in [-0.2, 0) is 28.2 Å². The number of hydrogen-bond acceptors (Lipinski definition) is 7. The molecule has 0 atom stereocenters. The van der Waals surface area contributed by atoms with Crippen molar-refractivity contribution in [3.8, 4) is 5.75 Å². The normalized spacial score (nSPS) is 17.3. The van der Waals surface area contributed by atoms with Crippen molar-refractivity contribution in [1.29, 1.82) is 0 Å². The number of aromatic hydroxyl groups is 1. The highest BCUT2D eigenvalue weighted by Crippen LogP contribution is 2.28. The van der Waals surface area contributed by atoms with Crippen molar-refractivity contribution in [2.45, 2.75) is 32.5 Å². The molecule has 31 heavy (non-hydrogen) atoms. The number of carbonyl (C=O) groups excluding carboxylic acids is 2. The van der Waals surface area contributed by atoms with Crippen molar-refractivity contribution in [2.75, 3.05) is 24.7 Å². The molecule has 0 unspecified atom stereocenters. The number of nitrogens with one attached hydrogen (secondary N) is 1. The number of aromatic nitrogens is 2. The predicted molar refractivity (Wildman–Crippen MR) is 105 cm³/mol. The molecule has 2 aromatic rings. The zero-order valence-electron chi connectivity index (χ0n) is 17.0. The van der Waals surface area contributed by atoms with E-state index in [1.807, 2.05) is 0 Å². The van der Waals surface area contributed by atoms with Crippen LogP contribution in [-0.4, -0.2) is 46.4 Å². The van der Waals surface area contributed by atoms with Crippen molar-refractivity contribution in [3.63, 3.8) is 0 Å². The number of rotatable bonds is 4. The number of ether oxygens (including phenoxy) is 2. The maximum atomic E-state index is 13.8. The second-order valence-corrected chi connectivity index (χ2v) is 7.67. The molecule has 10 nitrogen and oxygen atoms in total. The third-order valence-electron chi connectivity index (χ3n) is 5.22. The minimum Gasteiger partial charge on any atom is -0.501 e. The van der Waals surface area contributed by atoms with Crippen LogP contribution in [0.3, 0.4) is 0 Å². The van der Waals surface area contributed by atoms with Crippen LogP contribution in [0.4, 0.5) is 14.9 Å². The lowest BCUT2D eigenvalue weighted by atomic mass is 10.1. The summed E-state index contributed by atoms with van der Waals surface area (Å²) in [6.07, 6.45) is -0.609. The van der Waals surface area contributed by atoms with Gasteiger partial charge < -0.3 is 19.9 Å². The van der Waals surface area contributed by atoms with E-state index in [1.165, 1.54) is 27.7 Å². The first-order chi connectivity index (χ1) is 14.7. The number of hydrogen-bond donors (Lipinski definition) is 2. The first kappa shape index (κ1) is 20.8. The quantitative estimate of drug-likeness (QED) is 0.745. The van der Waals surface area contributed by atoms with Gasteiger partial charge in [-0.2, -0.15) is 0 Å². The fourth-order valence-electron chi connectivity index (χ4n) is 3.64. The smallest absolute Gasteiger partial charge is 0.414 e. The number of halogens is 1. The molecule has 0 aliphatic carbocycles. The summed E-state index contributed by atoms with van der Waals surface area (Å²) in [6, 6.07) is 3.81. The molecule has 2 N–H and O–H groups in total. The standard InChI is InChI=1S/C20H21FN4O6/c1-20(2)18-23-14(15(26)17(28)25(18)6-8-31-20)16(27)22-10-11-3-4-12(21)9-13(11)24-5-7-30-19(24)29/h3-4,9,26H,5-8,10H2,1-2H3,(H,22,27). The number of benzene rings is 1. The molecule has 1 saturated heterocycles. The molecule has 1 aromatic carbocycles. The number of nitrogens with zero attached hydrogens (tertiary/aromatic N) is 3. The van der Waals surface area contributed by atoms with Gasteiger partial charge in [-0.25, -0.2) is 14.2 Å². The minimum atomic E-state index is -0.916. The summed E-state index contributed by atoms with van der Waals surface area (Å²) in [6.45, 7) is 4.24. The molecule has 0 bridgehead atoms. The lowest BCUT2D eigenvalue weighted by molar-refractivity contribution is -0.0566. The maximum Gasteiger partial charge on any atom is 0.414 e. The zero-order chi connectivity index (χ0) is 22.3. The summed E-state index contributed by atoms with van der Waals surface area (Å²) < 4.78 is 25.6. The summed E-state index contributed by atoms with van der Waals surface area (Å²) in [5.41, 5.74) is -1.36. The van der Waals surface area contributed by atoms with E-state index in [2.05, 4.69) is 10.3 Å². The summed E-state index contributed by atoms with van der Waals surface area (Å²) >= 11 is 0. The molecule has 2 aliphatic rings. The van der Waals surface area contributed by atoms with Gasteiger partial charge in [0.15, 0.2) is 5.69 Å². The third kappa shape index (κ3) is 3.72. The first-order valence-electron chi connectivity index (χ1n) is 9.68. The molecule has 1 fully saturated rings. The van der Waals surface area contributed by atoms with Crippen LogP contribution >= 0.6 is 0 Å². The Morgan fingerprint density at radius 2 is 2.06 bits per heavy atom. The van der Waals surface area contributed by atoms with E-state index < -0.39 is 40.4 Å². The van der Waals surface area contributed by atoms with E-state index in [4.69, 9.17) is 9.47 Å². The maximum absolute atomic E-state index is 13.8. The summed E-state index contributed by atoms with van der Waals surface area (Å²) in [5, 5.41) is 12.8. The van der Waals surface area contributed by atoms with Crippen LogP contribution in [0.2, 0.25) is 0 Å². The van der Waals surface area contributed by atoms with Crippen molar-refractivity contribution in [3.05, 3.63) is 51.5 Å². The fraction of sp³-hybridized carbons (Fsp3) is 0.400. The second-order valence-electron chi connectivity index (χ2n) is 7.67. The van der Waals surface area contributed by atoms with Crippen molar-refractivity contribution < 1.29 is 28.6 Å². The lowest BCUT2D eigenvalue weighted by Gasteiger charge is -2.32. The second kappa shape index (κ2) is 7.65. The first-order valence-corrected chi connectivity index (χ1v) is 9.68. The Hall–Kier alpha value is -3.47. The third-order valence-corrected chi connectivity index (χ3v) is 5.22. The largest absolute Gasteiger partial charge is 0.501 e. The number of cyclic esters (lactones) is 1. The topological polar surface area (TPSA) is 123 Å². The number of anilines is 1. The van der Waals surface area contributed by atoms with Gasteiger partial charge in [0.05, 0.1) is 25.4 Å². The minimum absolute atomic E-state index is 0.0995. The van der Waals surface area contributed by atoms with Crippen LogP contribution in [0, 0.1) is 5.82 Å². The fourth-order valence-corrected chi connectivity index (χ4v) is 3.64. The molecule has 3 heterocycles. The molecule has 164 valence electrons. The molecule has 11 heteroatoms. The monoisotopic (exact) mass is 432 g/mol. The Bertz CT molecular complexity index is 1130. The molecular formula is C20H21FN4O6. The molecule has 2 amide bonds. The predicted octanol–water partition coefficient (Wildman–Crippen LogP) is 1.24.